The maximum absolute atomic E-state index is 12.3. The number of carbonyl (C=O) groups is 1. The Morgan fingerprint density at radius 1 is 0.968 bits per heavy atom. The van der Waals surface area contributed by atoms with Gasteiger partial charge in [0.1, 0.15) is 0 Å². The lowest BCUT2D eigenvalue weighted by Crippen LogP contribution is -2.20. The van der Waals surface area contributed by atoms with Crippen molar-refractivity contribution in [3.8, 4) is 17.1 Å². The lowest BCUT2D eigenvalue weighted by Gasteiger charge is -2.10. The largest absolute Gasteiger partial charge is 0.272 e. The number of aryl methyl sites for hydroxylation is 1. The predicted octanol–water partition coefficient (Wildman–Crippen LogP) is 4.49. The standard InChI is InChI=1S/C24H21N5OS/c1-18-12-14-20(15-13-18)23-27-28-24(29(23)21-10-6-3-7-11-21)31-17-22(30)26-25-16-19-8-4-2-5-9-19/h2-16H,17H2,1H3,(H,26,30). The number of rotatable bonds is 7. The molecule has 0 aliphatic rings. The van der Waals surface area contributed by atoms with Gasteiger partial charge in [0.15, 0.2) is 11.0 Å². The molecule has 0 saturated carbocycles. The van der Waals surface area contributed by atoms with E-state index in [1.807, 2.05) is 96.4 Å². The van der Waals surface area contributed by atoms with E-state index in [2.05, 4.69) is 20.7 Å². The minimum atomic E-state index is -0.211. The van der Waals surface area contributed by atoms with Crippen molar-refractivity contribution in [2.45, 2.75) is 12.1 Å². The zero-order valence-corrected chi connectivity index (χ0v) is 17.8. The summed E-state index contributed by atoms with van der Waals surface area (Å²) in [6.07, 6.45) is 1.62. The minimum absolute atomic E-state index is 0.172. The highest BCUT2D eigenvalue weighted by molar-refractivity contribution is 7.99. The van der Waals surface area contributed by atoms with Gasteiger partial charge in [0, 0.05) is 11.3 Å². The number of aromatic nitrogens is 3. The molecular formula is C24H21N5OS. The first kappa shape index (κ1) is 20.6. The van der Waals surface area contributed by atoms with E-state index in [1.165, 1.54) is 17.3 Å². The van der Waals surface area contributed by atoms with Crippen molar-refractivity contribution >= 4 is 23.9 Å². The van der Waals surface area contributed by atoms with E-state index in [0.717, 1.165) is 22.6 Å². The van der Waals surface area contributed by atoms with Crippen LogP contribution in [0.25, 0.3) is 17.1 Å². The first-order valence-corrected chi connectivity index (χ1v) is 10.8. The molecule has 4 aromatic rings. The van der Waals surface area contributed by atoms with Crippen LogP contribution in [0.4, 0.5) is 0 Å². The summed E-state index contributed by atoms with van der Waals surface area (Å²) in [4.78, 5) is 12.3. The monoisotopic (exact) mass is 427 g/mol. The number of hydrazone groups is 1. The summed E-state index contributed by atoms with van der Waals surface area (Å²) in [6.45, 7) is 2.05. The zero-order valence-electron chi connectivity index (χ0n) is 17.0. The number of amides is 1. The van der Waals surface area contributed by atoms with Gasteiger partial charge in [0.05, 0.1) is 12.0 Å². The van der Waals surface area contributed by atoms with Gasteiger partial charge in [-0.1, -0.05) is 90.1 Å². The maximum atomic E-state index is 12.3. The molecule has 0 unspecified atom stereocenters. The summed E-state index contributed by atoms with van der Waals surface area (Å²) < 4.78 is 1.97. The van der Waals surface area contributed by atoms with Gasteiger partial charge in [0.25, 0.3) is 5.91 Å². The second-order valence-corrected chi connectivity index (χ2v) is 7.78. The number of hydrogen-bond donors (Lipinski definition) is 1. The number of carbonyl (C=O) groups excluding carboxylic acids is 1. The lowest BCUT2D eigenvalue weighted by atomic mass is 10.1. The number of nitrogens with zero attached hydrogens (tertiary/aromatic N) is 4. The van der Waals surface area contributed by atoms with Crippen LogP contribution in [0.3, 0.4) is 0 Å². The van der Waals surface area contributed by atoms with Crippen LogP contribution in [-0.2, 0) is 4.79 Å². The van der Waals surface area contributed by atoms with E-state index in [9.17, 15) is 4.79 Å². The molecule has 0 bridgehead atoms. The zero-order chi connectivity index (χ0) is 21.5. The highest BCUT2D eigenvalue weighted by atomic mass is 32.2. The molecule has 1 amide bonds. The number of hydrogen-bond acceptors (Lipinski definition) is 5. The Balaban J connectivity index is 1.51. The van der Waals surface area contributed by atoms with Crippen LogP contribution in [0.1, 0.15) is 11.1 Å². The Labute approximate surface area is 185 Å². The number of nitrogens with one attached hydrogen (secondary N) is 1. The average molecular weight is 428 g/mol. The summed E-state index contributed by atoms with van der Waals surface area (Å²) in [6, 6.07) is 27.6. The van der Waals surface area contributed by atoms with Gasteiger partial charge in [-0.2, -0.15) is 5.10 Å². The summed E-state index contributed by atoms with van der Waals surface area (Å²) in [5.41, 5.74) is 6.56. The Bertz CT molecular complexity index is 1170. The first-order valence-electron chi connectivity index (χ1n) is 9.78. The first-order chi connectivity index (χ1) is 15.2. The molecule has 6 nitrogen and oxygen atoms in total. The van der Waals surface area contributed by atoms with Crippen molar-refractivity contribution in [2.24, 2.45) is 5.10 Å². The van der Waals surface area contributed by atoms with E-state index in [1.54, 1.807) is 6.21 Å². The minimum Gasteiger partial charge on any atom is -0.272 e. The Kier molecular flexibility index (Phi) is 6.54. The quantitative estimate of drug-likeness (QED) is 0.268. The Morgan fingerprint density at radius 2 is 1.65 bits per heavy atom. The van der Waals surface area contributed by atoms with Crippen LogP contribution in [-0.4, -0.2) is 32.6 Å². The van der Waals surface area contributed by atoms with Crippen LogP contribution >= 0.6 is 11.8 Å². The summed E-state index contributed by atoms with van der Waals surface area (Å²) in [7, 11) is 0. The summed E-state index contributed by atoms with van der Waals surface area (Å²) >= 11 is 1.32. The Morgan fingerprint density at radius 3 is 2.35 bits per heavy atom. The molecule has 1 aromatic heterocycles. The number of benzene rings is 3. The molecule has 0 aliphatic carbocycles. The third-order valence-electron chi connectivity index (χ3n) is 4.49. The maximum Gasteiger partial charge on any atom is 0.250 e. The van der Waals surface area contributed by atoms with E-state index >= 15 is 0 Å². The van der Waals surface area contributed by atoms with Crippen LogP contribution in [0.15, 0.2) is 95.2 Å². The van der Waals surface area contributed by atoms with Crippen molar-refractivity contribution in [2.75, 3.05) is 5.75 Å². The van der Waals surface area contributed by atoms with E-state index in [4.69, 9.17) is 0 Å². The topological polar surface area (TPSA) is 72.2 Å². The van der Waals surface area contributed by atoms with Gasteiger partial charge >= 0.3 is 0 Å². The summed E-state index contributed by atoms with van der Waals surface area (Å²) in [5.74, 6) is 0.693. The molecule has 4 rings (SSSR count). The van der Waals surface area contributed by atoms with Crippen LogP contribution in [0.2, 0.25) is 0 Å². The van der Waals surface area contributed by atoms with Crippen LogP contribution < -0.4 is 5.43 Å². The average Bonchev–Trinajstić information content (AvgIpc) is 3.23. The molecule has 1 N–H and O–H groups in total. The highest BCUT2D eigenvalue weighted by Crippen LogP contribution is 2.28. The normalized spacial score (nSPS) is 11.0. The van der Waals surface area contributed by atoms with Gasteiger partial charge < -0.3 is 0 Å². The molecule has 0 fully saturated rings. The molecule has 31 heavy (non-hydrogen) atoms. The van der Waals surface area contributed by atoms with E-state index in [0.29, 0.717) is 5.16 Å². The van der Waals surface area contributed by atoms with Crippen LogP contribution in [0, 0.1) is 6.92 Å². The third-order valence-corrected chi connectivity index (χ3v) is 5.42. The molecule has 0 spiro atoms. The number of thioether (sulfide) groups is 1. The third kappa shape index (κ3) is 5.26. The molecule has 0 atom stereocenters. The van der Waals surface area contributed by atoms with E-state index in [-0.39, 0.29) is 11.7 Å². The summed E-state index contributed by atoms with van der Waals surface area (Å²) in [5, 5.41) is 13.4. The van der Waals surface area contributed by atoms with Gasteiger partial charge in [-0.3, -0.25) is 9.36 Å². The molecule has 3 aromatic carbocycles. The van der Waals surface area contributed by atoms with Crippen molar-refractivity contribution in [1.29, 1.82) is 0 Å². The molecule has 0 saturated heterocycles. The van der Waals surface area contributed by atoms with E-state index < -0.39 is 0 Å². The second-order valence-electron chi connectivity index (χ2n) is 6.84. The SMILES string of the molecule is Cc1ccc(-c2nnc(SCC(=O)NN=Cc3ccccc3)n2-c2ccccc2)cc1. The lowest BCUT2D eigenvalue weighted by molar-refractivity contribution is -0.118. The highest BCUT2D eigenvalue weighted by Gasteiger charge is 2.17. The fourth-order valence-electron chi connectivity index (χ4n) is 2.94. The molecule has 7 heteroatoms. The fraction of sp³-hybridized carbons (Fsp3) is 0.0833. The molecule has 0 aliphatic heterocycles. The molecule has 0 radical (unpaired) electrons. The predicted molar refractivity (Wildman–Crippen MR) is 124 cm³/mol. The van der Waals surface area contributed by atoms with Crippen molar-refractivity contribution < 1.29 is 4.79 Å². The molecular weight excluding hydrogens is 406 g/mol. The van der Waals surface area contributed by atoms with Gasteiger partial charge in [-0.25, -0.2) is 5.43 Å². The van der Waals surface area contributed by atoms with Crippen molar-refractivity contribution in [3.05, 3.63) is 96.1 Å². The van der Waals surface area contributed by atoms with Gasteiger partial charge in [0.2, 0.25) is 0 Å². The van der Waals surface area contributed by atoms with Gasteiger partial charge in [-0.15, -0.1) is 10.2 Å². The second kappa shape index (κ2) is 9.86. The smallest absolute Gasteiger partial charge is 0.250 e. The molecule has 154 valence electrons. The number of para-hydroxylation sites is 1. The molecule has 1 heterocycles. The van der Waals surface area contributed by atoms with Crippen molar-refractivity contribution in [3.63, 3.8) is 0 Å². The van der Waals surface area contributed by atoms with Gasteiger partial charge in [-0.05, 0) is 24.6 Å². The fourth-order valence-corrected chi connectivity index (χ4v) is 3.69. The van der Waals surface area contributed by atoms with Crippen molar-refractivity contribution in [1.82, 2.24) is 20.2 Å². The Hall–Kier alpha value is -3.71. The van der Waals surface area contributed by atoms with Crippen LogP contribution in [0.5, 0.6) is 0 Å².